The van der Waals surface area contributed by atoms with Crippen LogP contribution in [0.15, 0.2) is 30.3 Å². The van der Waals surface area contributed by atoms with E-state index in [0.29, 0.717) is 0 Å². The average Bonchev–Trinajstić information content (AvgIpc) is 2.63. The third-order valence-corrected chi connectivity index (χ3v) is 5.37. The van der Waals surface area contributed by atoms with Gasteiger partial charge in [0.25, 0.3) is 5.91 Å². The van der Waals surface area contributed by atoms with E-state index in [-0.39, 0.29) is 18.6 Å². The van der Waals surface area contributed by atoms with Gasteiger partial charge in [0.1, 0.15) is 5.75 Å². The lowest BCUT2D eigenvalue weighted by molar-refractivity contribution is -0.123. The van der Waals surface area contributed by atoms with Crippen LogP contribution in [0, 0.1) is 20.8 Å². The summed E-state index contributed by atoms with van der Waals surface area (Å²) in [5, 5.41) is 3.06. The van der Waals surface area contributed by atoms with Crippen molar-refractivity contribution in [3.05, 3.63) is 63.7 Å². The van der Waals surface area contributed by atoms with E-state index in [4.69, 9.17) is 4.74 Å². The molecule has 0 aromatic heterocycles. The second-order valence-electron chi connectivity index (χ2n) is 7.52. The number of hydrogen-bond acceptors (Lipinski definition) is 2. The zero-order valence-corrected chi connectivity index (χ0v) is 16.3. The van der Waals surface area contributed by atoms with Gasteiger partial charge < -0.3 is 10.1 Å². The molecule has 0 saturated carbocycles. The monoisotopic (exact) mass is 351 g/mol. The first-order chi connectivity index (χ1) is 12.4. The highest BCUT2D eigenvalue weighted by atomic mass is 16.5. The van der Waals surface area contributed by atoms with Gasteiger partial charge in [-0.25, -0.2) is 0 Å². The zero-order chi connectivity index (χ0) is 18.7. The lowest BCUT2D eigenvalue weighted by Gasteiger charge is -2.20. The fraction of sp³-hybridized carbons (Fsp3) is 0.435. The van der Waals surface area contributed by atoms with Crippen molar-refractivity contribution in [3.63, 3.8) is 0 Å². The predicted molar refractivity (Wildman–Crippen MR) is 106 cm³/mol. The van der Waals surface area contributed by atoms with E-state index >= 15 is 0 Å². The van der Waals surface area contributed by atoms with Gasteiger partial charge in [-0.15, -0.1) is 0 Å². The van der Waals surface area contributed by atoms with Crippen LogP contribution in [-0.2, 0) is 17.6 Å². The summed E-state index contributed by atoms with van der Waals surface area (Å²) in [7, 11) is 0. The minimum absolute atomic E-state index is 0.0151. The van der Waals surface area contributed by atoms with Crippen molar-refractivity contribution in [2.45, 2.75) is 59.4 Å². The maximum atomic E-state index is 12.3. The summed E-state index contributed by atoms with van der Waals surface area (Å²) in [6, 6.07) is 10.7. The van der Waals surface area contributed by atoms with Crippen LogP contribution < -0.4 is 10.1 Å². The molecule has 3 heteroatoms. The largest absolute Gasteiger partial charge is 0.483 e. The minimum atomic E-state index is -0.0891. The van der Waals surface area contributed by atoms with Gasteiger partial charge in [0.15, 0.2) is 6.61 Å². The predicted octanol–water partition coefficient (Wildman–Crippen LogP) is 4.75. The van der Waals surface area contributed by atoms with Gasteiger partial charge in [-0.3, -0.25) is 4.79 Å². The number of benzene rings is 2. The van der Waals surface area contributed by atoms with Crippen LogP contribution in [0.25, 0.3) is 0 Å². The first-order valence-electron chi connectivity index (χ1n) is 9.56. The summed E-state index contributed by atoms with van der Waals surface area (Å²) in [5.41, 5.74) is 7.49. The number of hydrogen-bond donors (Lipinski definition) is 1. The molecule has 3 rings (SSSR count). The van der Waals surface area contributed by atoms with Crippen LogP contribution in [0.3, 0.4) is 0 Å². The second-order valence-corrected chi connectivity index (χ2v) is 7.52. The number of carbonyl (C=O) groups excluding carboxylic acids is 1. The maximum Gasteiger partial charge on any atom is 0.258 e. The molecule has 1 atom stereocenters. The number of fused-ring (bicyclic) bond motifs is 1. The summed E-state index contributed by atoms with van der Waals surface area (Å²) >= 11 is 0. The molecular formula is C23H29NO2. The van der Waals surface area contributed by atoms with Crippen LogP contribution in [-0.4, -0.2) is 12.5 Å². The Kier molecular flexibility index (Phi) is 5.65. The van der Waals surface area contributed by atoms with Crippen molar-refractivity contribution in [2.75, 3.05) is 6.61 Å². The number of nitrogens with one attached hydrogen (secondary N) is 1. The SMILES string of the molecule is Cc1cc(C)c(C)c(OCC(=O)N[C@H](C)c2ccc3c(c2)CCCC3)c1. The Morgan fingerprint density at radius 1 is 1.08 bits per heavy atom. The smallest absolute Gasteiger partial charge is 0.258 e. The first-order valence-corrected chi connectivity index (χ1v) is 9.56. The van der Waals surface area contributed by atoms with Crippen LogP contribution in [0.4, 0.5) is 0 Å². The van der Waals surface area contributed by atoms with Crippen molar-refractivity contribution < 1.29 is 9.53 Å². The molecule has 26 heavy (non-hydrogen) atoms. The molecule has 2 aromatic carbocycles. The van der Waals surface area contributed by atoms with E-state index in [2.05, 4.69) is 36.5 Å². The second kappa shape index (κ2) is 7.94. The zero-order valence-electron chi connectivity index (χ0n) is 16.3. The van der Waals surface area contributed by atoms with Crippen molar-refractivity contribution in [3.8, 4) is 5.75 Å². The van der Waals surface area contributed by atoms with Crippen LogP contribution >= 0.6 is 0 Å². The number of rotatable bonds is 5. The lowest BCUT2D eigenvalue weighted by atomic mass is 9.89. The molecular weight excluding hydrogens is 322 g/mol. The third-order valence-electron chi connectivity index (χ3n) is 5.37. The van der Waals surface area contributed by atoms with E-state index in [9.17, 15) is 4.79 Å². The van der Waals surface area contributed by atoms with Gasteiger partial charge in [0.2, 0.25) is 0 Å². The highest BCUT2D eigenvalue weighted by Crippen LogP contribution is 2.25. The molecule has 0 saturated heterocycles. The first kappa shape index (κ1) is 18.5. The van der Waals surface area contributed by atoms with E-state index in [1.54, 1.807) is 0 Å². The Labute approximate surface area is 156 Å². The number of carbonyl (C=O) groups is 1. The van der Waals surface area contributed by atoms with Crippen molar-refractivity contribution in [1.82, 2.24) is 5.32 Å². The fourth-order valence-corrected chi connectivity index (χ4v) is 3.68. The molecule has 1 aliphatic carbocycles. The highest BCUT2D eigenvalue weighted by Gasteiger charge is 2.15. The molecule has 0 spiro atoms. The molecule has 1 amide bonds. The molecule has 3 nitrogen and oxygen atoms in total. The van der Waals surface area contributed by atoms with Gasteiger partial charge in [0.05, 0.1) is 6.04 Å². The molecule has 0 aliphatic heterocycles. The molecule has 138 valence electrons. The van der Waals surface area contributed by atoms with Gasteiger partial charge in [-0.1, -0.05) is 24.3 Å². The number of ether oxygens (including phenoxy) is 1. The summed E-state index contributed by atoms with van der Waals surface area (Å²) < 4.78 is 5.78. The van der Waals surface area contributed by atoms with Crippen molar-refractivity contribution in [2.24, 2.45) is 0 Å². The molecule has 0 fully saturated rings. The fourth-order valence-electron chi connectivity index (χ4n) is 3.68. The van der Waals surface area contributed by atoms with E-state index < -0.39 is 0 Å². The molecule has 2 aromatic rings. The Hall–Kier alpha value is -2.29. The van der Waals surface area contributed by atoms with Gasteiger partial charge in [-0.2, -0.15) is 0 Å². The van der Waals surface area contributed by atoms with Crippen molar-refractivity contribution >= 4 is 5.91 Å². The molecule has 0 radical (unpaired) electrons. The molecule has 0 unspecified atom stereocenters. The number of aryl methyl sites for hydroxylation is 4. The topological polar surface area (TPSA) is 38.3 Å². The standard InChI is InChI=1S/C23H29NO2/c1-15-11-16(2)17(3)22(12-15)26-14-23(25)24-18(4)20-10-9-19-7-5-6-8-21(19)13-20/h9-13,18H,5-8,14H2,1-4H3,(H,24,25)/t18-/m1/s1. The normalized spacial score (nSPS) is 14.5. The Morgan fingerprint density at radius 3 is 2.58 bits per heavy atom. The summed E-state index contributed by atoms with van der Waals surface area (Å²) in [6.45, 7) is 8.20. The summed E-state index contributed by atoms with van der Waals surface area (Å²) in [4.78, 5) is 12.3. The van der Waals surface area contributed by atoms with Crippen LogP contribution in [0.2, 0.25) is 0 Å². The van der Waals surface area contributed by atoms with E-state index in [1.165, 1.54) is 41.5 Å². The molecule has 0 heterocycles. The van der Waals surface area contributed by atoms with Crippen LogP contribution in [0.5, 0.6) is 5.75 Å². The Morgan fingerprint density at radius 2 is 1.81 bits per heavy atom. The van der Waals surface area contributed by atoms with E-state index in [1.807, 2.05) is 26.8 Å². The average molecular weight is 351 g/mol. The number of amides is 1. The van der Waals surface area contributed by atoms with Crippen LogP contribution in [0.1, 0.15) is 59.2 Å². The lowest BCUT2D eigenvalue weighted by Crippen LogP contribution is -2.31. The quantitative estimate of drug-likeness (QED) is 0.844. The minimum Gasteiger partial charge on any atom is -0.483 e. The summed E-state index contributed by atoms with van der Waals surface area (Å²) in [5.74, 6) is 0.702. The van der Waals surface area contributed by atoms with Gasteiger partial charge in [0, 0.05) is 0 Å². The highest BCUT2D eigenvalue weighted by molar-refractivity contribution is 5.78. The molecule has 1 N–H and O–H groups in total. The van der Waals surface area contributed by atoms with Gasteiger partial charge in [-0.05, 0) is 92.8 Å². The van der Waals surface area contributed by atoms with E-state index in [0.717, 1.165) is 23.3 Å². The maximum absolute atomic E-state index is 12.3. The third kappa shape index (κ3) is 4.27. The molecule has 1 aliphatic rings. The van der Waals surface area contributed by atoms with Gasteiger partial charge >= 0.3 is 0 Å². The molecule has 0 bridgehead atoms. The summed E-state index contributed by atoms with van der Waals surface area (Å²) in [6.07, 6.45) is 4.88. The Balaban J connectivity index is 1.60. The Bertz CT molecular complexity index is 810. The van der Waals surface area contributed by atoms with Crippen molar-refractivity contribution in [1.29, 1.82) is 0 Å².